The first kappa shape index (κ1) is 19.9. The zero-order valence-corrected chi connectivity index (χ0v) is 16.8. The molecule has 6 heteroatoms. The summed E-state index contributed by atoms with van der Waals surface area (Å²) in [6.07, 6.45) is 1.79. The van der Waals surface area contributed by atoms with Gasteiger partial charge in [0.15, 0.2) is 0 Å². The van der Waals surface area contributed by atoms with Crippen molar-refractivity contribution in [1.29, 1.82) is 0 Å². The molecule has 1 aliphatic heterocycles. The number of nitrogens with zero attached hydrogens (tertiary/aromatic N) is 1. The zero-order chi connectivity index (χ0) is 19.3. The average Bonchev–Trinajstić information content (AvgIpc) is 2.64. The summed E-state index contributed by atoms with van der Waals surface area (Å²) in [7, 11) is -3.44. The van der Waals surface area contributed by atoms with Crippen molar-refractivity contribution in [3.05, 3.63) is 60.2 Å². The monoisotopic (exact) mass is 388 g/mol. The van der Waals surface area contributed by atoms with Gasteiger partial charge in [-0.2, -0.15) is 0 Å². The van der Waals surface area contributed by atoms with E-state index in [4.69, 9.17) is 4.74 Å². The lowest BCUT2D eigenvalue weighted by Gasteiger charge is -2.32. The molecule has 0 bridgehead atoms. The van der Waals surface area contributed by atoms with Gasteiger partial charge in [-0.25, -0.2) is 13.1 Å². The summed E-state index contributed by atoms with van der Waals surface area (Å²) >= 11 is 0. The summed E-state index contributed by atoms with van der Waals surface area (Å²) in [6.45, 7) is 6.64. The van der Waals surface area contributed by atoms with Gasteiger partial charge in [0.05, 0.1) is 11.0 Å². The summed E-state index contributed by atoms with van der Waals surface area (Å²) < 4.78 is 33.5. The van der Waals surface area contributed by atoms with E-state index in [0.29, 0.717) is 4.90 Å². The maximum absolute atomic E-state index is 12.5. The molecule has 1 N–H and O–H groups in total. The van der Waals surface area contributed by atoms with Crippen molar-refractivity contribution in [3.8, 4) is 5.75 Å². The summed E-state index contributed by atoms with van der Waals surface area (Å²) in [4.78, 5) is 2.69. The van der Waals surface area contributed by atoms with Gasteiger partial charge >= 0.3 is 0 Å². The van der Waals surface area contributed by atoms with Crippen LogP contribution in [0.25, 0.3) is 0 Å². The number of hydrogen-bond acceptors (Lipinski definition) is 4. The Labute approximate surface area is 162 Å². The van der Waals surface area contributed by atoms with E-state index in [1.165, 1.54) is 5.56 Å². The van der Waals surface area contributed by atoms with Gasteiger partial charge in [0.1, 0.15) is 5.75 Å². The molecule has 0 aliphatic carbocycles. The molecule has 2 aromatic carbocycles. The number of sulfonamides is 1. The largest absolute Gasteiger partial charge is 0.491 e. The fraction of sp³-hybridized carbons (Fsp3) is 0.429. The Morgan fingerprint density at radius 2 is 1.78 bits per heavy atom. The summed E-state index contributed by atoms with van der Waals surface area (Å²) in [5.41, 5.74) is 1.22. The molecule has 146 valence electrons. The molecule has 1 saturated heterocycles. The number of ether oxygens (including phenoxy) is 1. The number of benzene rings is 2. The summed E-state index contributed by atoms with van der Waals surface area (Å²) in [5, 5.41) is 0. The maximum Gasteiger partial charge on any atom is 0.240 e. The van der Waals surface area contributed by atoms with Crippen LogP contribution in [0, 0.1) is 0 Å². The summed E-state index contributed by atoms with van der Waals surface area (Å²) in [6, 6.07) is 16.8. The number of likely N-dealkylation sites (tertiary alicyclic amines) is 1. The van der Waals surface area contributed by atoms with Gasteiger partial charge in [-0.3, -0.25) is 4.90 Å². The molecule has 27 heavy (non-hydrogen) atoms. The summed E-state index contributed by atoms with van der Waals surface area (Å²) in [5.74, 6) is 0.896. The Kier molecular flexibility index (Phi) is 6.52. The third-order valence-corrected chi connectivity index (χ3v) is 6.18. The SMILES string of the molecule is CC(C)Oc1cccc(CN2CCC(NS(=O)(=O)c3ccccc3)CC2)c1. The van der Waals surface area contributed by atoms with Crippen LogP contribution in [0.4, 0.5) is 0 Å². The minimum absolute atomic E-state index is 0.0120. The highest BCUT2D eigenvalue weighted by atomic mass is 32.2. The quantitative estimate of drug-likeness (QED) is 0.790. The predicted molar refractivity (Wildman–Crippen MR) is 107 cm³/mol. The highest BCUT2D eigenvalue weighted by molar-refractivity contribution is 7.89. The van der Waals surface area contributed by atoms with Crippen molar-refractivity contribution in [1.82, 2.24) is 9.62 Å². The van der Waals surface area contributed by atoms with E-state index in [1.54, 1.807) is 24.3 Å². The Morgan fingerprint density at radius 3 is 2.44 bits per heavy atom. The fourth-order valence-corrected chi connectivity index (χ4v) is 4.67. The first-order valence-corrected chi connectivity index (χ1v) is 11.0. The van der Waals surface area contributed by atoms with E-state index in [0.717, 1.165) is 38.2 Å². The average molecular weight is 389 g/mol. The Bertz CT molecular complexity index is 830. The van der Waals surface area contributed by atoms with E-state index in [1.807, 2.05) is 32.0 Å². The molecule has 0 saturated carbocycles. The van der Waals surface area contributed by atoms with Gasteiger partial charge in [0.2, 0.25) is 10.0 Å². The van der Waals surface area contributed by atoms with Crippen LogP contribution in [0.5, 0.6) is 5.75 Å². The Balaban J connectivity index is 1.52. The fourth-order valence-electron chi connectivity index (χ4n) is 3.34. The molecule has 0 atom stereocenters. The molecule has 1 fully saturated rings. The first-order valence-electron chi connectivity index (χ1n) is 9.48. The standard InChI is InChI=1S/C21H28N2O3S/c1-17(2)26-20-8-6-7-18(15-20)16-23-13-11-19(12-14-23)22-27(24,25)21-9-4-3-5-10-21/h3-10,15,17,19,22H,11-14,16H2,1-2H3. The van der Waals surface area contributed by atoms with E-state index in [-0.39, 0.29) is 12.1 Å². The lowest BCUT2D eigenvalue weighted by atomic mass is 10.1. The molecule has 0 spiro atoms. The molecule has 0 radical (unpaired) electrons. The highest BCUT2D eigenvalue weighted by Gasteiger charge is 2.24. The molecule has 0 amide bonds. The van der Waals surface area contributed by atoms with E-state index in [9.17, 15) is 8.42 Å². The third-order valence-electron chi connectivity index (χ3n) is 4.64. The van der Waals surface area contributed by atoms with E-state index >= 15 is 0 Å². The molecule has 0 unspecified atom stereocenters. The van der Waals surface area contributed by atoms with Gasteiger partial charge < -0.3 is 4.74 Å². The van der Waals surface area contributed by atoms with Crippen LogP contribution in [0.2, 0.25) is 0 Å². The lowest BCUT2D eigenvalue weighted by Crippen LogP contribution is -2.44. The zero-order valence-electron chi connectivity index (χ0n) is 16.0. The number of rotatable bonds is 7. The van der Waals surface area contributed by atoms with Crippen LogP contribution in [0.3, 0.4) is 0 Å². The van der Waals surface area contributed by atoms with Crippen LogP contribution < -0.4 is 9.46 Å². The van der Waals surface area contributed by atoms with Gasteiger partial charge in [-0.05, 0) is 56.5 Å². The number of piperidine rings is 1. The first-order chi connectivity index (χ1) is 12.9. The van der Waals surface area contributed by atoms with Crippen molar-refractivity contribution in [2.45, 2.75) is 50.3 Å². The van der Waals surface area contributed by atoms with Crippen LogP contribution in [-0.4, -0.2) is 38.6 Å². The van der Waals surface area contributed by atoms with Crippen LogP contribution >= 0.6 is 0 Å². The Morgan fingerprint density at radius 1 is 1.07 bits per heavy atom. The second-order valence-corrected chi connectivity index (χ2v) is 9.01. The van der Waals surface area contributed by atoms with Gasteiger partial charge in [0.25, 0.3) is 0 Å². The van der Waals surface area contributed by atoms with E-state index in [2.05, 4.69) is 21.8 Å². The number of hydrogen-bond donors (Lipinski definition) is 1. The minimum atomic E-state index is -3.44. The Hall–Kier alpha value is -1.89. The van der Waals surface area contributed by atoms with Crippen molar-refractivity contribution in [2.24, 2.45) is 0 Å². The minimum Gasteiger partial charge on any atom is -0.491 e. The van der Waals surface area contributed by atoms with Crippen molar-refractivity contribution in [3.63, 3.8) is 0 Å². The lowest BCUT2D eigenvalue weighted by molar-refractivity contribution is 0.199. The molecule has 1 aliphatic rings. The molecule has 3 rings (SSSR count). The number of nitrogens with one attached hydrogen (secondary N) is 1. The second-order valence-electron chi connectivity index (χ2n) is 7.30. The molecule has 5 nitrogen and oxygen atoms in total. The van der Waals surface area contributed by atoms with Crippen LogP contribution in [0.15, 0.2) is 59.5 Å². The van der Waals surface area contributed by atoms with Crippen LogP contribution in [-0.2, 0) is 16.6 Å². The van der Waals surface area contributed by atoms with Crippen molar-refractivity contribution in [2.75, 3.05) is 13.1 Å². The second kappa shape index (κ2) is 8.87. The molecular weight excluding hydrogens is 360 g/mol. The van der Waals surface area contributed by atoms with Crippen LogP contribution in [0.1, 0.15) is 32.3 Å². The maximum atomic E-state index is 12.5. The molecule has 2 aromatic rings. The third kappa shape index (κ3) is 5.79. The van der Waals surface area contributed by atoms with Gasteiger partial charge in [0, 0.05) is 25.7 Å². The smallest absolute Gasteiger partial charge is 0.240 e. The molecule has 0 aromatic heterocycles. The topological polar surface area (TPSA) is 58.6 Å². The highest BCUT2D eigenvalue weighted by Crippen LogP contribution is 2.20. The van der Waals surface area contributed by atoms with E-state index < -0.39 is 10.0 Å². The van der Waals surface area contributed by atoms with Crippen molar-refractivity contribution >= 4 is 10.0 Å². The molecule has 1 heterocycles. The van der Waals surface area contributed by atoms with Crippen molar-refractivity contribution < 1.29 is 13.2 Å². The molecular formula is C21H28N2O3S. The van der Waals surface area contributed by atoms with Gasteiger partial charge in [-0.15, -0.1) is 0 Å². The normalized spacial score (nSPS) is 16.6. The van der Waals surface area contributed by atoms with Gasteiger partial charge in [-0.1, -0.05) is 30.3 Å². The predicted octanol–water partition coefficient (Wildman–Crippen LogP) is 3.42.